The van der Waals surface area contributed by atoms with Crippen molar-refractivity contribution in [2.45, 2.75) is 13.8 Å². The monoisotopic (exact) mass is 219 g/mol. The maximum Gasteiger partial charge on any atom is 0.226 e. The van der Waals surface area contributed by atoms with Crippen LogP contribution >= 0.6 is 0 Å². The predicted octanol–water partition coefficient (Wildman–Crippen LogP) is 2.67. The van der Waals surface area contributed by atoms with Crippen molar-refractivity contribution in [3.05, 3.63) is 29.7 Å². The average Bonchev–Trinajstić information content (AvgIpc) is 2.69. The minimum Gasteiger partial charge on any atom is -0.508 e. The fraction of sp³-hybridized carbons (Fsp3) is 0.250. The van der Waals surface area contributed by atoms with E-state index in [1.54, 1.807) is 32.4 Å². The van der Waals surface area contributed by atoms with Gasteiger partial charge in [0.2, 0.25) is 5.89 Å². The Morgan fingerprint density at radius 2 is 2.06 bits per heavy atom. The highest BCUT2D eigenvalue weighted by atomic mass is 16.5. The van der Waals surface area contributed by atoms with Crippen LogP contribution in [0.15, 0.2) is 22.7 Å². The number of aromatic hydroxyl groups is 1. The molecule has 2 rings (SSSR count). The minimum atomic E-state index is 0.171. The van der Waals surface area contributed by atoms with E-state index in [0.717, 1.165) is 5.76 Å². The molecule has 0 saturated carbocycles. The maximum atomic E-state index is 9.73. The van der Waals surface area contributed by atoms with Gasteiger partial charge in [0.15, 0.2) is 0 Å². The molecular weight excluding hydrogens is 206 g/mol. The van der Waals surface area contributed by atoms with Crippen LogP contribution in [-0.4, -0.2) is 17.2 Å². The maximum absolute atomic E-state index is 9.73. The van der Waals surface area contributed by atoms with Crippen LogP contribution in [0.3, 0.4) is 0 Å². The molecule has 0 bridgehead atoms. The zero-order valence-corrected chi connectivity index (χ0v) is 9.44. The van der Waals surface area contributed by atoms with Gasteiger partial charge in [-0.05, 0) is 26.0 Å². The number of aryl methyl sites for hydroxylation is 1. The summed E-state index contributed by atoms with van der Waals surface area (Å²) >= 11 is 0. The van der Waals surface area contributed by atoms with E-state index in [0.29, 0.717) is 22.8 Å². The summed E-state index contributed by atoms with van der Waals surface area (Å²) in [6.07, 6.45) is 1.64. The lowest BCUT2D eigenvalue weighted by Crippen LogP contribution is -1.89. The third kappa shape index (κ3) is 1.74. The molecular formula is C12H13NO3. The number of benzene rings is 1. The molecule has 0 amide bonds. The molecule has 0 fully saturated rings. The predicted molar refractivity (Wildman–Crippen MR) is 59.6 cm³/mol. The number of phenolic OH excluding ortho intramolecular Hbond substituents is 1. The van der Waals surface area contributed by atoms with E-state index in [-0.39, 0.29) is 5.75 Å². The quantitative estimate of drug-likeness (QED) is 0.843. The van der Waals surface area contributed by atoms with E-state index in [9.17, 15) is 5.11 Å². The summed E-state index contributed by atoms with van der Waals surface area (Å²) in [7, 11) is 1.56. The third-order valence-electron chi connectivity index (χ3n) is 2.42. The van der Waals surface area contributed by atoms with Gasteiger partial charge >= 0.3 is 0 Å². The standard InChI is InChI=1S/C12H13NO3/c1-7-6-13-12(16-7)9-4-10(14)8(2)11(5-9)15-3/h4-6,14H,1-3H3. The van der Waals surface area contributed by atoms with Crippen molar-refractivity contribution in [3.63, 3.8) is 0 Å². The SMILES string of the molecule is COc1cc(-c2ncc(C)o2)cc(O)c1C. The second-order valence-corrected chi connectivity index (χ2v) is 3.60. The number of hydrogen-bond donors (Lipinski definition) is 1. The molecule has 16 heavy (non-hydrogen) atoms. The lowest BCUT2D eigenvalue weighted by molar-refractivity contribution is 0.402. The molecule has 4 heteroatoms. The van der Waals surface area contributed by atoms with Gasteiger partial charge < -0.3 is 14.3 Å². The molecule has 0 aliphatic rings. The van der Waals surface area contributed by atoms with Crippen LogP contribution in [0.2, 0.25) is 0 Å². The van der Waals surface area contributed by atoms with E-state index >= 15 is 0 Å². The largest absolute Gasteiger partial charge is 0.508 e. The number of ether oxygens (including phenoxy) is 1. The summed E-state index contributed by atoms with van der Waals surface area (Å²) in [6, 6.07) is 3.41. The zero-order valence-electron chi connectivity index (χ0n) is 9.44. The Labute approximate surface area is 93.5 Å². The molecule has 1 aromatic heterocycles. The Morgan fingerprint density at radius 1 is 1.31 bits per heavy atom. The van der Waals surface area contributed by atoms with Crippen molar-refractivity contribution in [3.8, 4) is 23.0 Å². The molecule has 84 valence electrons. The van der Waals surface area contributed by atoms with Crippen LogP contribution in [0.1, 0.15) is 11.3 Å². The molecule has 2 aromatic rings. The molecule has 0 aliphatic heterocycles. The molecule has 0 radical (unpaired) electrons. The molecule has 0 spiro atoms. The van der Waals surface area contributed by atoms with Crippen molar-refractivity contribution in [1.29, 1.82) is 0 Å². The number of phenols is 1. The topological polar surface area (TPSA) is 55.5 Å². The summed E-state index contributed by atoms with van der Waals surface area (Å²) in [5, 5.41) is 9.73. The Bertz CT molecular complexity index is 517. The van der Waals surface area contributed by atoms with Crippen molar-refractivity contribution in [1.82, 2.24) is 4.98 Å². The number of nitrogens with zero attached hydrogens (tertiary/aromatic N) is 1. The van der Waals surface area contributed by atoms with Gasteiger partial charge in [-0.25, -0.2) is 4.98 Å². The minimum absolute atomic E-state index is 0.171. The fourth-order valence-electron chi connectivity index (χ4n) is 1.50. The lowest BCUT2D eigenvalue weighted by Gasteiger charge is -2.07. The Hall–Kier alpha value is -1.97. The second-order valence-electron chi connectivity index (χ2n) is 3.60. The van der Waals surface area contributed by atoms with Gasteiger partial charge in [0.25, 0.3) is 0 Å². The van der Waals surface area contributed by atoms with Crippen LogP contribution in [-0.2, 0) is 0 Å². The summed E-state index contributed by atoms with van der Waals surface area (Å²) in [4.78, 5) is 4.10. The van der Waals surface area contributed by atoms with Gasteiger partial charge in [0.1, 0.15) is 17.3 Å². The highest BCUT2D eigenvalue weighted by Crippen LogP contribution is 2.33. The normalized spacial score (nSPS) is 10.4. The van der Waals surface area contributed by atoms with E-state index in [1.807, 2.05) is 6.92 Å². The van der Waals surface area contributed by atoms with Gasteiger partial charge in [-0.15, -0.1) is 0 Å². The number of aromatic nitrogens is 1. The Kier molecular flexibility index (Phi) is 2.56. The first-order valence-corrected chi connectivity index (χ1v) is 4.92. The highest BCUT2D eigenvalue weighted by Gasteiger charge is 2.11. The smallest absolute Gasteiger partial charge is 0.226 e. The summed E-state index contributed by atoms with van der Waals surface area (Å²) in [5.41, 5.74) is 1.41. The van der Waals surface area contributed by atoms with E-state index in [2.05, 4.69) is 4.98 Å². The van der Waals surface area contributed by atoms with Gasteiger partial charge in [0, 0.05) is 11.1 Å². The Balaban J connectivity index is 2.54. The van der Waals surface area contributed by atoms with Crippen LogP contribution in [0.25, 0.3) is 11.5 Å². The molecule has 1 N–H and O–H groups in total. The van der Waals surface area contributed by atoms with Crippen molar-refractivity contribution in [2.24, 2.45) is 0 Å². The van der Waals surface area contributed by atoms with Gasteiger partial charge in [-0.2, -0.15) is 0 Å². The summed E-state index contributed by atoms with van der Waals surface area (Å²) in [5.74, 6) is 2.00. The average molecular weight is 219 g/mol. The van der Waals surface area contributed by atoms with Crippen molar-refractivity contribution < 1.29 is 14.3 Å². The molecule has 0 aliphatic carbocycles. The van der Waals surface area contributed by atoms with Gasteiger partial charge in [0.05, 0.1) is 13.3 Å². The molecule has 0 atom stereocenters. The molecule has 1 aromatic carbocycles. The summed E-state index contributed by atoms with van der Waals surface area (Å²) < 4.78 is 10.6. The second kappa shape index (κ2) is 3.89. The number of methoxy groups -OCH3 is 1. The molecule has 4 nitrogen and oxygen atoms in total. The number of hydrogen-bond acceptors (Lipinski definition) is 4. The fourth-order valence-corrected chi connectivity index (χ4v) is 1.50. The first-order chi connectivity index (χ1) is 7.61. The van der Waals surface area contributed by atoms with Crippen molar-refractivity contribution >= 4 is 0 Å². The summed E-state index contributed by atoms with van der Waals surface area (Å²) in [6.45, 7) is 3.61. The van der Waals surface area contributed by atoms with Crippen LogP contribution in [0.4, 0.5) is 0 Å². The van der Waals surface area contributed by atoms with E-state index in [1.165, 1.54) is 0 Å². The third-order valence-corrected chi connectivity index (χ3v) is 2.42. The van der Waals surface area contributed by atoms with Crippen LogP contribution in [0, 0.1) is 13.8 Å². The molecule has 0 unspecified atom stereocenters. The van der Waals surface area contributed by atoms with Gasteiger partial charge in [-0.3, -0.25) is 0 Å². The first-order valence-electron chi connectivity index (χ1n) is 4.92. The lowest BCUT2D eigenvalue weighted by atomic mass is 10.1. The number of rotatable bonds is 2. The molecule has 1 heterocycles. The van der Waals surface area contributed by atoms with Crippen LogP contribution < -0.4 is 4.74 Å². The molecule has 0 saturated heterocycles. The van der Waals surface area contributed by atoms with E-state index < -0.39 is 0 Å². The first kappa shape index (κ1) is 10.5. The van der Waals surface area contributed by atoms with Gasteiger partial charge in [-0.1, -0.05) is 0 Å². The Morgan fingerprint density at radius 3 is 2.62 bits per heavy atom. The van der Waals surface area contributed by atoms with Crippen molar-refractivity contribution in [2.75, 3.05) is 7.11 Å². The highest BCUT2D eigenvalue weighted by molar-refractivity contribution is 5.62. The number of oxazole rings is 1. The zero-order chi connectivity index (χ0) is 11.7. The van der Waals surface area contributed by atoms with E-state index in [4.69, 9.17) is 9.15 Å². The van der Waals surface area contributed by atoms with Crippen LogP contribution in [0.5, 0.6) is 11.5 Å².